The summed E-state index contributed by atoms with van der Waals surface area (Å²) in [6, 6.07) is 4.12. The van der Waals surface area contributed by atoms with E-state index >= 15 is 0 Å². The van der Waals surface area contributed by atoms with Gasteiger partial charge in [0, 0.05) is 17.8 Å². The smallest absolute Gasteiger partial charge is 0.408 e. The average Bonchev–Trinajstić information content (AvgIpc) is 3.46. The molecule has 172 valence electrons. The van der Waals surface area contributed by atoms with Crippen LogP contribution in [0.1, 0.15) is 59.1 Å². The molecule has 1 fully saturated rings. The van der Waals surface area contributed by atoms with E-state index in [2.05, 4.69) is 23.3 Å². The Morgan fingerprint density at radius 1 is 1.23 bits per heavy atom. The number of carbonyl (C=O) groups is 3. The Hall–Kier alpha value is -2.42. The van der Waals surface area contributed by atoms with Crippen LogP contribution in [0.4, 0.5) is 4.79 Å². The number of hydrogen-bond donors (Lipinski definition) is 4. The van der Waals surface area contributed by atoms with Gasteiger partial charge in [0.2, 0.25) is 11.8 Å². The van der Waals surface area contributed by atoms with Crippen LogP contribution in [-0.4, -0.2) is 57.4 Å². The van der Waals surface area contributed by atoms with Crippen LogP contribution in [-0.2, 0) is 14.3 Å². The van der Waals surface area contributed by atoms with E-state index in [0.717, 1.165) is 12.8 Å². The highest BCUT2D eigenvalue weighted by Crippen LogP contribution is 2.36. The average molecular weight is 452 g/mol. The van der Waals surface area contributed by atoms with Gasteiger partial charge in [0.1, 0.15) is 23.4 Å². The van der Waals surface area contributed by atoms with E-state index in [1.807, 2.05) is 13.8 Å². The number of carbonyl (C=O) groups excluding carboxylic acids is 3. The fraction of sp³-hybridized carbons (Fsp3) is 0.591. The lowest BCUT2D eigenvalue weighted by Crippen LogP contribution is -2.54. The van der Waals surface area contributed by atoms with Gasteiger partial charge in [-0.1, -0.05) is 12.1 Å². The second-order valence-corrected chi connectivity index (χ2v) is 9.38. The molecule has 0 saturated heterocycles. The molecular formula is C22H33N3O5S. The number of phenols is 1. The summed E-state index contributed by atoms with van der Waals surface area (Å²) in [6.07, 6.45) is 0.778. The number of benzene rings is 1. The maximum atomic E-state index is 13.5. The third-order valence-corrected chi connectivity index (χ3v) is 4.87. The molecule has 3 amide bonds. The molecule has 9 heteroatoms. The molecule has 1 aromatic carbocycles. The Balaban J connectivity index is 2.36. The lowest BCUT2D eigenvalue weighted by molar-refractivity contribution is -0.143. The molecule has 31 heavy (non-hydrogen) atoms. The number of hydrogen-bond acceptors (Lipinski definition) is 6. The van der Waals surface area contributed by atoms with Crippen LogP contribution in [0.2, 0.25) is 0 Å². The summed E-state index contributed by atoms with van der Waals surface area (Å²) in [5, 5.41) is 15.4. The number of rotatable bonds is 8. The lowest BCUT2D eigenvalue weighted by atomic mass is 10.0. The first-order chi connectivity index (χ1) is 14.4. The molecule has 3 N–H and O–H groups in total. The van der Waals surface area contributed by atoms with Crippen molar-refractivity contribution in [2.45, 2.75) is 77.2 Å². The minimum absolute atomic E-state index is 0.000619. The standard InChI is InChI=1S/C22H33N3O5S/c1-13(2)23-19(27)18(14-7-6-8-16(26)11-14)25(15-9-10-15)20(28)17(12-31)24-21(29)30-22(3,4)5/h6-8,11,13,15,17-18,26,31H,9-10,12H2,1-5H3,(H,23,27)(H,24,29). The number of aromatic hydroxyl groups is 1. The summed E-state index contributed by atoms with van der Waals surface area (Å²) in [6.45, 7) is 8.86. The molecule has 8 nitrogen and oxygen atoms in total. The van der Waals surface area contributed by atoms with Gasteiger partial charge in [-0.2, -0.15) is 12.6 Å². The zero-order valence-electron chi connectivity index (χ0n) is 18.7. The summed E-state index contributed by atoms with van der Waals surface area (Å²) >= 11 is 4.25. The van der Waals surface area contributed by atoms with Gasteiger partial charge >= 0.3 is 6.09 Å². The van der Waals surface area contributed by atoms with Crippen molar-refractivity contribution in [1.29, 1.82) is 0 Å². The van der Waals surface area contributed by atoms with E-state index in [4.69, 9.17) is 4.74 Å². The Kier molecular flexibility index (Phi) is 8.22. The Bertz CT molecular complexity index is 805. The van der Waals surface area contributed by atoms with E-state index in [1.165, 1.54) is 17.0 Å². The monoisotopic (exact) mass is 451 g/mol. The third kappa shape index (κ3) is 7.34. The van der Waals surface area contributed by atoms with Gasteiger partial charge in [0.25, 0.3) is 0 Å². The Morgan fingerprint density at radius 3 is 2.35 bits per heavy atom. The fourth-order valence-corrected chi connectivity index (χ4v) is 3.43. The van der Waals surface area contributed by atoms with Crippen molar-refractivity contribution in [1.82, 2.24) is 15.5 Å². The molecule has 2 atom stereocenters. The fourth-order valence-electron chi connectivity index (χ4n) is 3.18. The molecule has 0 heterocycles. The van der Waals surface area contributed by atoms with E-state index in [1.54, 1.807) is 32.9 Å². The van der Waals surface area contributed by atoms with Gasteiger partial charge in [-0.3, -0.25) is 9.59 Å². The first-order valence-electron chi connectivity index (χ1n) is 10.4. The highest BCUT2D eigenvalue weighted by atomic mass is 32.1. The van der Waals surface area contributed by atoms with Gasteiger partial charge in [-0.05, 0) is 65.2 Å². The predicted molar refractivity (Wildman–Crippen MR) is 121 cm³/mol. The van der Waals surface area contributed by atoms with Crippen molar-refractivity contribution in [2.24, 2.45) is 0 Å². The molecule has 0 spiro atoms. The first-order valence-corrected chi connectivity index (χ1v) is 11.1. The Morgan fingerprint density at radius 2 is 1.87 bits per heavy atom. The summed E-state index contributed by atoms with van der Waals surface area (Å²) in [7, 11) is 0. The maximum Gasteiger partial charge on any atom is 0.408 e. The van der Waals surface area contributed by atoms with Gasteiger partial charge in [-0.25, -0.2) is 4.79 Å². The number of amides is 3. The molecule has 1 saturated carbocycles. The molecule has 0 aliphatic heterocycles. The summed E-state index contributed by atoms with van der Waals surface area (Å²) in [5.41, 5.74) is -0.222. The second kappa shape index (κ2) is 10.3. The quantitative estimate of drug-likeness (QED) is 0.455. The van der Waals surface area contributed by atoms with Crippen molar-refractivity contribution in [3.8, 4) is 5.75 Å². The van der Waals surface area contributed by atoms with Gasteiger partial charge < -0.3 is 25.4 Å². The number of thiol groups is 1. The normalized spacial score (nSPS) is 15.7. The SMILES string of the molecule is CC(C)NC(=O)C(c1cccc(O)c1)N(C(=O)C(CS)NC(=O)OC(C)(C)C)C1CC1. The molecular weight excluding hydrogens is 418 g/mol. The van der Waals surface area contributed by atoms with Crippen molar-refractivity contribution in [3.63, 3.8) is 0 Å². The number of alkyl carbamates (subject to hydrolysis) is 1. The van der Waals surface area contributed by atoms with Gasteiger partial charge in [0.05, 0.1) is 0 Å². The predicted octanol–water partition coefficient (Wildman–Crippen LogP) is 2.77. The van der Waals surface area contributed by atoms with Crippen LogP contribution in [0.15, 0.2) is 24.3 Å². The zero-order chi connectivity index (χ0) is 23.3. The van der Waals surface area contributed by atoms with Crippen molar-refractivity contribution in [3.05, 3.63) is 29.8 Å². The van der Waals surface area contributed by atoms with Gasteiger partial charge in [-0.15, -0.1) is 0 Å². The van der Waals surface area contributed by atoms with Crippen molar-refractivity contribution < 1.29 is 24.2 Å². The molecule has 2 rings (SSSR count). The molecule has 2 unspecified atom stereocenters. The number of nitrogens with one attached hydrogen (secondary N) is 2. The van der Waals surface area contributed by atoms with Crippen molar-refractivity contribution in [2.75, 3.05) is 5.75 Å². The minimum atomic E-state index is -0.967. The summed E-state index contributed by atoms with van der Waals surface area (Å²) < 4.78 is 5.27. The van der Waals surface area contributed by atoms with E-state index < -0.39 is 29.7 Å². The third-order valence-electron chi connectivity index (χ3n) is 4.51. The second-order valence-electron chi connectivity index (χ2n) is 9.02. The van der Waals surface area contributed by atoms with Crippen LogP contribution >= 0.6 is 12.6 Å². The first kappa shape index (κ1) is 24.8. The topological polar surface area (TPSA) is 108 Å². The van der Waals surface area contributed by atoms with E-state index in [0.29, 0.717) is 5.56 Å². The Labute approximate surface area is 189 Å². The minimum Gasteiger partial charge on any atom is -0.508 e. The number of ether oxygens (including phenoxy) is 1. The van der Waals surface area contributed by atoms with Crippen LogP contribution in [0.3, 0.4) is 0 Å². The molecule has 0 bridgehead atoms. The van der Waals surface area contributed by atoms with Crippen LogP contribution in [0.5, 0.6) is 5.75 Å². The van der Waals surface area contributed by atoms with Gasteiger partial charge in [0.15, 0.2) is 0 Å². The van der Waals surface area contributed by atoms with E-state index in [-0.39, 0.29) is 29.5 Å². The molecule has 1 aliphatic rings. The van der Waals surface area contributed by atoms with Crippen molar-refractivity contribution >= 4 is 30.5 Å². The zero-order valence-corrected chi connectivity index (χ0v) is 19.6. The van der Waals surface area contributed by atoms with E-state index in [9.17, 15) is 19.5 Å². The molecule has 0 radical (unpaired) electrons. The molecule has 1 aromatic rings. The molecule has 1 aliphatic carbocycles. The van der Waals surface area contributed by atoms with Crippen LogP contribution in [0, 0.1) is 0 Å². The summed E-state index contributed by atoms with van der Waals surface area (Å²) in [5.74, 6) is -0.729. The lowest BCUT2D eigenvalue weighted by Gasteiger charge is -2.34. The number of phenolic OH excluding ortho intramolecular Hbond substituents is 1. The highest BCUT2D eigenvalue weighted by molar-refractivity contribution is 7.80. The van der Waals surface area contributed by atoms with Crippen LogP contribution in [0.25, 0.3) is 0 Å². The molecule has 0 aromatic heterocycles. The van der Waals surface area contributed by atoms with Crippen LogP contribution < -0.4 is 10.6 Å². The number of nitrogens with zero attached hydrogens (tertiary/aromatic N) is 1. The largest absolute Gasteiger partial charge is 0.508 e. The summed E-state index contributed by atoms with van der Waals surface area (Å²) in [4.78, 5) is 40.4. The highest BCUT2D eigenvalue weighted by Gasteiger charge is 2.44. The maximum absolute atomic E-state index is 13.5.